The van der Waals surface area contributed by atoms with Crippen LogP contribution in [-0.4, -0.2) is 27.5 Å². The van der Waals surface area contributed by atoms with Gasteiger partial charge in [0.05, 0.1) is 23.0 Å². The van der Waals surface area contributed by atoms with Crippen LogP contribution in [0.5, 0.6) is 0 Å². The van der Waals surface area contributed by atoms with E-state index < -0.39 is 17.6 Å². The van der Waals surface area contributed by atoms with Crippen molar-refractivity contribution < 1.29 is 22.5 Å². The minimum atomic E-state index is -4.43. The summed E-state index contributed by atoms with van der Waals surface area (Å²) in [5.74, 6) is 0.272. The van der Waals surface area contributed by atoms with Gasteiger partial charge in [-0.2, -0.15) is 13.2 Å². The van der Waals surface area contributed by atoms with E-state index in [9.17, 15) is 18.0 Å². The van der Waals surface area contributed by atoms with Crippen molar-refractivity contribution in [2.75, 3.05) is 11.9 Å². The molecule has 1 amide bonds. The molecular weight excluding hydrogens is 417 g/mol. The molecule has 0 unspecified atom stereocenters. The summed E-state index contributed by atoms with van der Waals surface area (Å²) in [6.07, 6.45) is -2.45. The molecule has 1 atom stereocenters. The van der Waals surface area contributed by atoms with Crippen molar-refractivity contribution in [2.45, 2.75) is 38.5 Å². The molecule has 30 heavy (non-hydrogen) atoms. The fourth-order valence-corrected chi connectivity index (χ4v) is 4.28. The van der Waals surface area contributed by atoms with Crippen molar-refractivity contribution in [2.24, 2.45) is 0 Å². The number of alkyl halides is 3. The number of thiazole rings is 1. The van der Waals surface area contributed by atoms with Crippen LogP contribution in [0.2, 0.25) is 0 Å². The number of carbonyl (C=O) groups excluding carboxylic acids is 1. The first kappa shape index (κ1) is 20.5. The van der Waals surface area contributed by atoms with Crippen molar-refractivity contribution in [3.8, 4) is 0 Å². The zero-order valence-electron chi connectivity index (χ0n) is 16.1. The van der Waals surface area contributed by atoms with Crippen molar-refractivity contribution in [1.29, 1.82) is 0 Å². The Kier molecular flexibility index (Phi) is 5.61. The van der Waals surface area contributed by atoms with E-state index >= 15 is 0 Å². The standard InChI is InChI=1S/C20H19F3N4O2S/c1-12-9-15(26-29-12)10-27-8-2-3-17(27)16-11-30-19(24-16)25-18(28)13-4-6-14(7-5-13)20(21,22)23/h4-7,9,11,17H,2-3,8,10H2,1H3,(H,24,25,28)/t17-/m1/s1. The van der Waals surface area contributed by atoms with Gasteiger partial charge in [0.25, 0.3) is 5.91 Å². The highest BCUT2D eigenvalue weighted by Gasteiger charge is 2.31. The number of likely N-dealkylation sites (tertiary alicyclic amines) is 1. The topological polar surface area (TPSA) is 71.3 Å². The molecule has 158 valence electrons. The third-order valence-corrected chi connectivity index (χ3v) is 5.74. The summed E-state index contributed by atoms with van der Waals surface area (Å²) in [7, 11) is 0. The van der Waals surface area contributed by atoms with E-state index in [1.165, 1.54) is 11.3 Å². The van der Waals surface area contributed by atoms with Crippen LogP contribution in [0.15, 0.2) is 40.2 Å². The molecule has 0 bridgehead atoms. The zero-order chi connectivity index (χ0) is 21.3. The van der Waals surface area contributed by atoms with Gasteiger partial charge in [0.2, 0.25) is 0 Å². The van der Waals surface area contributed by atoms with E-state index in [1.54, 1.807) is 0 Å². The van der Waals surface area contributed by atoms with Crippen LogP contribution in [0.3, 0.4) is 0 Å². The van der Waals surface area contributed by atoms with Crippen LogP contribution >= 0.6 is 11.3 Å². The lowest BCUT2D eigenvalue weighted by molar-refractivity contribution is -0.137. The van der Waals surface area contributed by atoms with Crippen LogP contribution in [-0.2, 0) is 12.7 Å². The molecule has 2 aromatic heterocycles. The molecule has 0 spiro atoms. The Balaban J connectivity index is 1.41. The molecule has 1 aliphatic heterocycles. The minimum absolute atomic E-state index is 0.120. The number of nitrogens with zero attached hydrogens (tertiary/aromatic N) is 3. The Morgan fingerprint density at radius 1 is 1.33 bits per heavy atom. The molecule has 1 saturated heterocycles. The van der Waals surface area contributed by atoms with Gasteiger partial charge in [0, 0.05) is 23.6 Å². The number of nitrogens with one attached hydrogen (secondary N) is 1. The fraction of sp³-hybridized carbons (Fsp3) is 0.350. The number of benzene rings is 1. The molecule has 1 aromatic carbocycles. The predicted molar refractivity (Wildman–Crippen MR) is 105 cm³/mol. The SMILES string of the molecule is Cc1cc(CN2CCC[C@@H]2c2csc(NC(=O)c3ccc(C(F)(F)F)cc3)n2)no1. The first-order chi connectivity index (χ1) is 14.3. The molecule has 10 heteroatoms. The second-order valence-corrected chi connectivity index (χ2v) is 8.02. The van der Waals surface area contributed by atoms with Gasteiger partial charge in [-0.25, -0.2) is 4.98 Å². The number of hydrogen-bond donors (Lipinski definition) is 1. The van der Waals surface area contributed by atoms with E-state index in [0.717, 1.165) is 60.8 Å². The minimum Gasteiger partial charge on any atom is -0.361 e. The number of amides is 1. The molecule has 0 saturated carbocycles. The lowest BCUT2D eigenvalue weighted by Gasteiger charge is -2.21. The van der Waals surface area contributed by atoms with Gasteiger partial charge in [-0.15, -0.1) is 11.3 Å². The Morgan fingerprint density at radius 3 is 2.77 bits per heavy atom. The predicted octanol–water partition coefficient (Wildman–Crippen LogP) is 5.05. The second-order valence-electron chi connectivity index (χ2n) is 7.16. The van der Waals surface area contributed by atoms with Crippen molar-refractivity contribution in [1.82, 2.24) is 15.0 Å². The van der Waals surface area contributed by atoms with Crippen LogP contribution in [0.4, 0.5) is 18.3 Å². The molecule has 3 heterocycles. The summed E-state index contributed by atoms with van der Waals surface area (Å²) in [5, 5.41) is 9.03. The average Bonchev–Trinajstić information content (AvgIpc) is 3.43. The second kappa shape index (κ2) is 8.19. The summed E-state index contributed by atoms with van der Waals surface area (Å²) in [5.41, 5.74) is 1.08. The molecule has 3 aromatic rings. The molecule has 1 N–H and O–H groups in total. The number of hydrogen-bond acceptors (Lipinski definition) is 6. The highest BCUT2D eigenvalue weighted by atomic mass is 32.1. The van der Waals surface area contributed by atoms with Crippen LogP contribution in [0.1, 0.15) is 52.0 Å². The summed E-state index contributed by atoms with van der Waals surface area (Å²) in [6, 6.07) is 6.13. The van der Waals surface area contributed by atoms with E-state index in [-0.39, 0.29) is 11.6 Å². The quantitative estimate of drug-likeness (QED) is 0.606. The third-order valence-electron chi connectivity index (χ3n) is 4.96. The monoisotopic (exact) mass is 436 g/mol. The van der Waals surface area contributed by atoms with E-state index in [2.05, 4.69) is 20.4 Å². The molecule has 0 aliphatic carbocycles. The number of rotatable bonds is 5. The number of carbonyl (C=O) groups is 1. The molecule has 6 nitrogen and oxygen atoms in total. The van der Waals surface area contributed by atoms with Crippen molar-refractivity contribution in [3.05, 3.63) is 64.0 Å². The zero-order valence-corrected chi connectivity index (χ0v) is 16.9. The number of aromatic nitrogens is 2. The maximum Gasteiger partial charge on any atom is 0.416 e. The number of aryl methyl sites for hydroxylation is 1. The lowest BCUT2D eigenvalue weighted by atomic mass is 10.1. The van der Waals surface area contributed by atoms with E-state index in [4.69, 9.17) is 4.52 Å². The fourth-order valence-electron chi connectivity index (χ4n) is 3.53. The van der Waals surface area contributed by atoms with Gasteiger partial charge in [0.15, 0.2) is 5.13 Å². The Hall–Kier alpha value is -2.72. The van der Waals surface area contributed by atoms with Crippen LogP contribution < -0.4 is 5.32 Å². The van der Waals surface area contributed by atoms with Gasteiger partial charge in [-0.3, -0.25) is 15.0 Å². The smallest absolute Gasteiger partial charge is 0.361 e. The highest BCUT2D eigenvalue weighted by Crippen LogP contribution is 2.35. The highest BCUT2D eigenvalue weighted by molar-refractivity contribution is 7.14. The Labute approximate surface area is 174 Å². The van der Waals surface area contributed by atoms with Gasteiger partial charge >= 0.3 is 6.18 Å². The lowest BCUT2D eigenvalue weighted by Crippen LogP contribution is -2.23. The van der Waals surface area contributed by atoms with Crippen LogP contribution in [0.25, 0.3) is 0 Å². The van der Waals surface area contributed by atoms with Gasteiger partial charge in [0.1, 0.15) is 5.76 Å². The van der Waals surface area contributed by atoms with Gasteiger partial charge in [-0.05, 0) is 50.6 Å². The van der Waals surface area contributed by atoms with Gasteiger partial charge < -0.3 is 4.52 Å². The largest absolute Gasteiger partial charge is 0.416 e. The maximum absolute atomic E-state index is 12.7. The number of anilines is 1. The number of halogens is 3. The summed E-state index contributed by atoms with van der Waals surface area (Å²) >= 11 is 1.30. The van der Waals surface area contributed by atoms with Gasteiger partial charge in [-0.1, -0.05) is 5.16 Å². The summed E-state index contributed by atoms with van der Waals surface area (Å²) < 4.78 is 43.1. The first-order valence-corrected chi connectivity index (χ1v) is 10.3. The summed E-state index contributed by atoms with van der Waals surface area (Å²) in [6.45, 7) is 3.43. The summed E-state index contributed by atoms with van der Waals surface area (Å²) in [4.78, 5) is 19.2. The third kappa shape index (κ3) is 4.54. The van der Waals surface area contributed by atoms with Crippen LogP contribution in [0, 0.1) is 6.92 Å². The molecule has 0 radical (unpaired) electrons. The Morgan fingerprint density at radius 2 is 2.10 bits per heavy atom. The first-order valence-electron chi connectivity index (χ1n) is 9.40. The molecule has 1 fully saturated rings. The molecule has 1 aliphatic rings. The normalized spacial score (nSPS) is 17.4. The molecular formula is C20H19F3N4O2S. The van der Waals surface area contributed by atoms with Crippen molar-refractivity contribution >= 4 is 22.4 Å². The van der Waals surface area contributed by atoms with Crippen molar-refractivity contribution in [3.63, 3.8) is 0 Å². The van der Waals surface area contributed by atoms with E-state index in [1.807, 2.05) is 18.4 Å². The maximum atomic E-state index is 12.7. The Bertz CT molecular complexity index is 1030. The average molecular weight is 436 g/mol. The van der Waals surface area contributed by atoms with E-state index in [0.29, 0.717) is 11.7 Å². The molecule has 4 rings (SSSR count).